The molecule has 0 saturated heterocycles. The molecule has 1 aromatic carbocycles. The summed E-state index contributed by atoms with van der Waals surface area (Å²) in [4.78, 5) is 0. The number of benzene rings is 1. The van der Waals surface area contributed by atoms with Crippen molar-refractivity contribution in [3.8, 4) is 5.88 Å². The highest BCUT2D eigenvalue weighted by Gasteiger charge is 2.17. The lowest BCUT2D eigenvalue weighted by Gasteiger charge is -2.11. The lowest BCUT2D eigenvalue weighted by molar-refractivity contribution is 0.293. The Morgan fingerprint density at radius 1 is 1.25 bits per heavy atom. The molecular weight excluding hydrogens is 305 g/mol. The molecule has 2 aromatic heterocycles. The van der Waals surface area contributed by atoms with E-state index >= 15 is 0 Å². The molecular formula is C19H20FN3O. The molecule has 3 rings (SSSR count). The molecule has 0 fully saturated rings. The molecule has 3 aromatic rings. The van der Waals surface area contributed by atoms with Crippen molar-refractivity contribution in [2.75, 3.05) is 0 Å². The number of aryl methyl sites for hydroxylation is 1. The first-order valence-electron chi connectivity index (χ1n) is 7.80. The molecule has 0 radical (unpaired) electrons. The molecule has 0 spiro atoms. The van der Waals surface area contributed by atoms with Crippen LogP contribution in [0.4, 0.5) is 4.39 Å². The third-order valence-electron chi connectivity index (χ3n) is 4.13. The highest BCUT2D eigenvalue weighted by molar-refractivity contribution is 5.88. The Labute approximate surface area is 140 Å². The predicted octanol–water partition coefficient (Wildman–Crippen LogP) is 4.34. The summed E-state index contributed by atoms with van der Waals surface area (Å²) in [6.45, 7) is 11.2. The van der Waals surface area contributed by atoms with E-state index < -0.39 is 0 Å². The van der Waals surface area contributed by atoms with E-state index in [4.69, 9.17) is 4.74 Å². The summed E-state index contributed by atoms with van der Waals surface area (Å²) in [6.07, 6.45) is 1.76. The number of rotatable bonds is 5. The molecule has 0 bridgehead atoms. The van der Waals surface area contributed by atoms with E-state index in [1.54, 1.807) is 18.3 Å². The van der Waals surface area contributed by atoms with Gasteiger partial charge in [0.25, 0.3) is 5.88 Å². The monoisotopic (exact) mass is 325 g/mol. The maximum absolute atomic E-state index is 13.0. The Balaban J connectivity index is 1.99. The molecule has 4 nitrogen and oxygen atoms in total. The molecule has 5 heteroatoms. The van der Waals surface area contributed by atoms with Crippen LogP contribution < -0.4 is 4.74 Å². The number of halogens is 1. The Kier molecular flexibility index (Phi) is 4.34. The number of allylic oxidation sites excluding steroid dienone is 1. The summed E-state index contributed by atoms with van der Waals surface area (Å²) in [5, 5.41) is 9.25. The van der Waals surface area contributed by atoms with Gasteiger partial charge in [0.05, 0.1) is 6.20 Å². The summed E-state index contributed by atoms with van der Waals surface area (Å²) in [5.41, 5.74) is 5.16. The van der Waals surface area contributed by atoms with E-state index in [9.17, 15) is 4.39 Å². The molecule has 24 heavy (non-hydrogen) atoms. The quantitative estimate of drug-likeness (QED) is 0.655. The number of fused-ring (bicyclic) bond motifs is 1. The van der Waals surface area contributed by atoms with E-state index in [0.717, 1.165) is 33.3 Å². The van der Waals surface area contributed by atoms with E-state index in [0.29, 0.717) is 19.0 Å². The van der Waals surface area contributed by atoms with Crippen LogP contribution in [0.3, 0.4) is 0 Å². The van der Waals surface area contributed by atoms with E-state index in [1.807, 2.05) is 6.92 Å². The van der Waals surface area contributed by atoms with Gasteiger partial charge in [0.15, 0.2) is 0 Å². The number of nitrogens with zero attached hydrogens (tertiary/aromatic N) is 3. The van der Waals surface area contributed by atoms with Gasteiger partial charge in [-0.25, -0.2) is 4.39 Å². The van der Waals surface area contributed by atoms with Crippen LogP contribution in [0.25, 0.3) is 10.9 Å². The Morgan fingerprint density at radius 2 is 1.96 bits per heavy atom. The van der Waals surface area contributed by atoms with Gasteiger partial charge in [-0.3, -0.25) is 0 Å². The zero-order valence-electron chi connectivity index (χ0n) is 14.1. The fourth-order valence-corrected chi connectivity index (χ4v) is 2.76. The fraction of sp³-hybridized carbons (Fsp3) is 0.263. The lowest BCUT2D eigenvalue weighted by Crippen LogP contribution is -2.05. The largest absolute Gasteiger partial charge is 0.470 e. The highest BCUT2D eigenvalue weighted by atomic mass is 19.1. The minimum Gasteiger partial charge on any atom is -0.470 e. The third-order valence-corrected chi connectivity index (χ3v) is 4.13. The average molecular weight is 325 g/mol. The molecule has 124 valence electrons. The molecule has 0 saturated carbocycles. The van der Waals surface area contributed by atoms with Crippen molar-refractivity contribution in [2.45, 2.75) is 33.9 Å². The number of aromatic nitrogens is 3. The molecule has 2 heterocycles. The van der Waals surface area contributed by atoms with Gasteiger partial charge in [-0.05, 0) is 44.0 Å². The number of hydrogen-bond donors (Lipinski definition) is 0. The molecule has 0 N–H and O–H groups in total. The summed E-state index contributed by atoms with van der Waals surface area (Å²) in [6, 6.07) is 6.24. The van der Waals surface area contributed by atoms with Gasteiger partial charge in [-0.1, -0.05) is 24.3 Å². The first kappa shape index (κ1) is 16.2. The van der Waals surface area contributed by atoms with Crippen molar-refractivity contribution in [1.29, 1.82) is 0 Å². The number of hydrogen-bond acceptors (Lipinski definition) is 3. The molecule has 0 amide bonds. The Bertz CT molecular complexity index is 897. The normalized spacial score (nSPS) is 11.0. The van der Waals surface area contributed by atoms with Gasteiger partial charge in [-0.15, -0.1) is 5.10 Å². The van der Waals surface area contributed by atoms with Crippen LogP contribution in [0.15, 0.2) is 42.6 Å². The average Bonchev–Trinajstić information content (AvgIpc) is 2.80. The van der Waals surface area contributed by atoms with Crippen LogP contribution in [0.1, 0.15) is 23.7 Å². The van der Waals surface area contributed by atoms with Gasteiger partial charge in [0.1, 0.15) is 17.9 Å². The fourth-order valence-electron chi connectivity index (χ4n) is 2.76. The van der Waals surface area contributed by atoms with Crippen molar-refractivity contribution < 1.29 is 9.13 Å². The topological polar surface area (TPSA) is 39.9 Å². The van der Waals surface area contributed by atoms with Gasteiger partial charge in [-0.2, -0.15) is 5.10 Å². The van der Waals surface area contributed by atoms with Gasteiger partial charge < -0.3 is 9.30 Å². The van der Waals surface area contributed by atoms with Crippen molar-refractivity contribution in [3.05, 3.63) is 65.3 Å². The van der Waals surface area contributed by atoms with Crippen molar-refractivity contribution >= 4 is 10.9 Å². The second-order valence-corrected chi connectivity index (χ2v) is 6.08. The van der Waals surface area contributed by atoms with Crippen molar-refractivity contribution in [2.24, 2.45) is 0 Å². The second kappa shape index (κ2) is 6.43. The van der Waals surface area contributed by atoms with Crippen molar-refractivity contribution in [3.63, 3.8) is 0 Å². The minimum absolute atomic E-state index is 0.262. The SMILES string of the molecule is C=C(C)Cn1c(C)c(C)c2cnnc(OCc3ccc(F)cc3)c21. The summed E-state index contributed by atoms with van der Waals surface area (Å²) < 4.78 is 21.0. The van der Waals surface area contributed by atoms with Crippen LogP contribution in [0.2, 0.25) is 0 Å². The standard InChI is InChI=1S/C19H20FN3O/c1-12(2)10-23-14(4)13(3)17-9-21-22-19(18(17)23)24-11-15-5-7-16(20)8-6-15/h5-9H,1,10-11H2,2-4H3. The van der Waals surface area contributed by atoms with Crippen LogP contribution in [-0.4, -0.2) is 14.8 Å². The number of ether oxygens (including phenoxy) is 1. The van der Waals surface area contributed by atoms with E-state index in [2.05, 4.69) is 35.2 Å². The van der Waals surface area contributed by atoms with Crippen LogP contribution in [-0.2, 0) is 13.2 Å². The highest BCUT2D eigenvalue weighted by Crippen LogP contribution is 2.31. The first-order chi connectivity index (χ1) is 11.5. The maximum atomic E-state index is 13.0. The zero-order chi connectivity index (χ0) is 17.3. The van der Waals surface area contributed by atoms with E-state index in [-0.39, 0.29) is 5.82 Å². The predicted molar refractivity (Wildman–Crippen MR) is 92.5 cm³/mol. The summed E-state index contributed by atoms with van der Waals surface area (Å²) in [5.74, 6) is 0.219. The maximum Gasteiger partial charge on any atom is 0.258 e. The van der Waals surface area contributed by atoms with Gasteiger partial charge in [0.2, 0.25) is 0 Å². The molecule has 0 aliphatic heterocycles. The third kappa shape index (κ3) is 3.02. The lowest BCUT2D eigenvalue weighted by atomic mass is 10.2. The van der Waals surface area contributed by atoms with E-state index in [1.165, 1.54) is 12.1 Å². The molecule has 0 aliphatic carbocycles. The van der Waals surface area contributed by atoms with Crippen LogP contribution in [0.5, 0.6) is 5.88 Å². The van der Waals surface area contributed by atoms with Crippen LogP contribution in [0, 0.1) is 19.7 Å². The second-order valence-electron chi connectivity index (χ2n) is 6.08. The summed E-state index contributed by atoms with van der Waals surface area (Å²) in [7, 11) is 0. The molecule has 0 atom stereocenters. The first-order valence-corrected chi connectivity index (χ1v) is 7.80. The van der Waals surface area contributed by atoms with Gasteiger partial charge in [0, 0.05) is 17.6 Å². The molecule has 0 unspecified atom stereocenters. The summed E-state index contributed by atoms with van der Waals surface area (Å²) >= 11 is 0. The Hall–Kier alpha value is -2.69. The molecule has 0 aliphatic rings. The zero-order valence-corrected chi connectivity index (χ0v) is 14.1. The Morgan fingerprint density at radius 3 is 2.62 bits per heavy atom. The minimum atomic E-state index is -0.262. The van der Waals surface area contributed by atoms with Crippen molar-refractivity contribution in [1.82, 2.24) is 14.8 Å². The smallest absolute Gasteiger partial charge is 0.258 e. The van der Waals surface area contributed by atoms with Gasteiger partial charge >= 0.3 is 0 Å². The van der Waals surface area contributed by atoms with Crippen LogP contribution >= 0.6 is 0 Å².